The van der Waals surface area contributed by atoms with Crippen molar-refractivity contribution in [2.75, 3.05) is 18.5 Å². The predicted octanol–water partition coefficient (Wildman–Crippen LogP) is 2.07. The van der Waals surface area contributed by atoms with Crippen molar-refractivity contribution in [2.45, 2.75) is 6.92 Å². The molecule has 0 aliphatic carbocycles. The van der Waals surface area contributed by atoms with Gasteiger partial charge in [-0.2, -0.15) is 0 Å². The fraction of sp³-hybridized carbons (Fsp3) is 0.231. The Morgan fingerprint density at radius 1 is 1.40 bits per heavy atom. The van der Waals surface area contributed by atoms with E-state index in [4.69, 9.17) is 16.7 Å². The van der Waals surface area contributed by atoms with Gasteiger partial charge in [0.15, 0.2) is 0 Å². The van der Waals surface area contributed by atoms with E-state index in [0.717, 1.165) is 14.9 Å². The third kappa shape index (κ3) is 2.72. The number of rotatable bonds is 4. The van der Waals surface area contributed by atoms with Crippen molar-refractivity contribution in [3.63, 3.8) is 0 Å². The summed E-state index contributed by atoms with van der Waals surface area (Å²) in [7, 11) is 0. The summed E-state index contributed by atoms with van der Waals surface area (Å²) in [5.41, 5.74) is 1.59. The number of nitrogens with zero attached hydrogens (tertiary/aromatic N) is 1. The molecular weight excluding hydrogens is 348 g/mol. The van der Waals surface area contributed by atoms with E-state index in [0.29, 0.717) is 10.7 Å². The molecule has 0 radical (unpaired) electrons. The van der Waals surface area contributed by atoms with Crippen LogP contribution in [0.3, 0.4) is 0 Å². The van der Waals surface area contributed by atoms with Gasteiger partial charge in [0.2, 0.25) is 0 Å². The minimum absolute atomic E-state index is 0.0145. The Labute approximate surface area is 129 Å². The van der Waals surface area contributed by atoms with Crippen molar-refractivity contribution >= 4 is 45.0 Å². The first-order valence-electron chi connectivity index (χ1n) is 5.85. The van der Waals surface area contributed by atoms with Gasteiger partial charge in [0.05, 0.1) is 18.2 Å². The number of anilines is 1. The standard InChI is InChI=1S/C13H12BrClN2O3/c1-7-9(3-2-8(14)12(7)15)16-10-6-11(19)17(4-5-18)13(10)20/h2-3,6,16,18H,4-5H2,1H3. The van der Waals surface area contributed by atoms with Crippen LogP contribution in [0.5, 0.6) is 0 Å². The molecule has 7 heteroatoms. The number of carbonyl (C=O) groups is 2. The van der Waals surface area contributed by atoms with Crippen LogP contribution < -0.4 is 5.32 Å². The third-order valence-corrected chi connectivity index (χ3v) is 4.32. The molecule has 1 aliphatic rings. The van der Waals surface area contributed by atoms with Gasteiger partial charge in [0.1, 0.15) is 5.70 Å². The number of aliphatic hydroxyl groups excluding tert-OH is 1. The number of amides is 2. The highest BCUT2D eigenvalue weighted by molar-refractivity contribution is 9.10. The molecule has 2 amide bonds. The lowest BCUT2D eigenvalue weighted by molar-refractivity contribution is -0.137. The average molecular weight is 360 g/mol. The van der Waals surface area contributed by atoms with E-state index in [1.54, 1.807) is 12.1 Å². The molecule has 1 aliphatic heterocycles. The number of benzene rings is 1. The van der Waals surface area contributed by atoms with Gasteiger partial charge in [0, 0.05) is 16.2 Å². The number of halogens is 2. The van der Waals surface area contributed by atoms with Crippen molar-refractivity contribution in [3.8, 4) is 0 Å². The average Bonchev–Trinajstić information content (AvgIpc) is 2.67. The van der Waals surface area contributed by atoms with Crippen LogP contribution in [0.15, 0.2) is 28.4 Å². The summed E-state index contributed by atoms with van der Waals surface area (Å²) < 4.78 is 0.756. The summed E-state index contributed by atoms with van der Waals surface area (Å²) >= 11 is 9.42. The summed E-state index contributed by atoms with van der Waals surface area (Å²) in [6.45, 7) is 1.53. The molecule has 0 saturated heterocycles. The first-order valence-corrected chi connectivity index (χ1v) is 7.02. The van der Waals surface area contributed by atoms with Gasteiger partial charge in [-0.05, 0) is 40.5 Å². The molecule has 106 valence electrons. The zero-order valence-corrected chi connectivity index (χ0v) is 13.0. The van der Waals surface area contributed by atoms with Crippen molar-refractivity contribution in [2.24, 2.45) is 0 Å². The van der Waals surface area contributed by atoms with Crippen LogP contribution in [0.2, 0.25) is 5.02 Å². The highest BCUT2D eigenvalue weighted by atomic mass is 79.9. The predicted molar refractivity (Wildman–Crippen MR) is 79.4 cm³/mol. The van der Waals surface area contributed by atoms with Crippen molar-refractivity contribution in [3.05, 3.63) is 39.0 Å². The molecule has 0 saturated carbocycles. The number of carbonyl (C=O) groups excluding carboxylic acids is 2. The van der Waals surface area contributed by atoms with Crippen molar-refractivity contribution in [1.82, 2.24) is 4.90 Å². The normalized spacial score (nSPS) is 14.8. The largest absolute Gasteiger partial charge is 0.395 e. The number of hydrogen-bond donors (Lipinski definition) is 2. The molecule has 1 heterocycles. The first-order chi connectivity index (χ1) is 9.45. The second kappa shape index (κ2) is 5.95. The molecule has 2 N–H and O–H groups in total. The Morgan fingerprint density at radius 2 is 2.10 bits per heavy atom. The fourth-order valence-corrected chi connectivity index (χ4v) is 2.44. The topological polar surface area (TPSA) is 69.6 Å². The second-order valence-electron chi connectivity index (χ2n) is 4.24. The molecule has 0 spiro atoms. The van der Waals surface area contributed by atoms with E-state index in [-0.39, 0.29) is 18.8 Å². The fourth-order valence-electron chi connectivity index (χ4n) is 1.84. The van der Waals surface area contributed by atoms with Gasteiger partial charge < -0.3 is 10.4 Å². The minimum atomic E-state index is -0.456. The molecule has 20 heavy (non-hydrogen) atoms. The van der Waals surface area contributed by atoms with Gasteiger partial charge in [-0.25, -0.2) is 0 Å². The molecule has 5 nitrogen and oxygen atoms in total. The number of hydrogen-bond acceptors (Lipinski definition) is 4. The summed E-state index contributed by atoms with van der Waals surface area (Å²) in [4.78, 5) is 24.6. The monoisotopic (exact) mass is 358 g/mol. The van der Waals surface area contributed by atoms with Gasteiger partial charge in [-0.3, -0.25) is 14.5 Å². The highest BCUT2D eigenvalue weighted by Crippen LogP contribution is 2.32. The van der Waals surface area contributed by atoms with E-state index in [2.05, 4.69) is 21.2 Å². The zero-order chi connectivity index (χ0) is 14.9. The molecule has 0 aromatic heterocycles. The Bertz CT molecular complexity index is 616. The van der Waals surface area contributed by atoms with E-state index >= 15 is 0 Å². The van der Waals surface area contributed by atoms with Gasteiger partial charge in [-0.1, -0.05) is 11.6 Å². The Morgan fingerprint density at radius 3 is 2.75 bits per heavy atom. The molecule has 1 aromatic rings. The van der Waals surface area contributed by atoms with Crippen molar-refractivity contribution in [1.29, 1.82) is 0 Å². The van der Waals surface area contributed by atoms with Crippen molar-refractivity contribution < 1.29 is 14.7 Å². The van der Waals surface area contributed by atoms with Crippen LogP contribution in [0.25, 0.3) is 0 Å². The number of β-amino-alcohol motifs (C(OH)–C–C–N with tert-alkyl or cyclic N) is 1. The second-order valence-corrected chi connectivity index (χ2v) is 5.47. The number of imide groups is 1. The molecule has 0 bridgehead atoms. The summed E-state index contributed by atoms with van der Waals surface area (Å²) in [6.07, 6.45) is 1.22. The first kappa shape index (κ1) is 15.0. The van der Waals surface area contributed by atoms with E-state index in [1.165, 1.54) is 6.08 Å². The van der Waals surface area contributed by atoms with Gasteiger partial charge in [-0.15, -0.1) is 0 Å². The van der Waals surface area contributed by atoms with Gasteiger partial charge in [0.25, 0.3) is 11.8 Å². The van der Waals surface area contributed by atoms with Crippen LogP contribution in [-0.4, -0.2) is 35.0 Å². The van der Waals surface area contributed by atoms with E-state index in [9.17, 15) is 9.59 Å². The lowest BCUT2D eigenvalue weighted by Gasteiger charge is -2.15. The number of nitrogens with one attached hydrogen (secondary N) is 1. The lowest BCUT2D eigenvalue weighted by atomic mass is 10.2. The Balaban J connectivity index is 2.24. The van der Waals surface area contributed by atoms with Crippen LogP contribution in [0, 0.1) is 6.92 Å². The highest BCUT2D eigenvalue weighted by Gasteiger charge is 2.30. The minimum Gasteiger partial charge on any atom is -0.395 e. The molecule has 0 atom stereocenters. The summed E-state index contributed by atoms with van der Waals surface area (Å²) in [5.74, 6) is -0.894. The maximum absolute atomic E-state index is 12.0. The van der Waals surface area contributed by atoms with Crippen LogP contribution in [-0.2, 0) is 9.59 Å². The van der Waals surface area contributed by atoms with E-state index < -0.39 is 11.8 Å². The quantitative estimate of drug-likeness (QED) is 0.808. The van der Waals surface area contributed by atoms with Crippen LogP contribution in [0.4, 0.5) is 5.69 Å². The molecular formula is C13H12BrClN2O3. The summed E-state index contributed by atoms with van der Waals surface area (Å²) in [5, 5.41) is 12.3. The van der Waals surface area contributed by atoms with E-state index in [1.807, 2.05) is 6.92 Å². The third-order valence-electron chi connectivity index (χ3n) is 2.94. The SMILES string of the molecule is Cc1c(NC2=CC(=O)N(CCO)C2=O)ccc(Br)c1Cl. The summed E-state index contributed by atoms with van der Waals surface area (Å²) in [6, 6.07) is 3.52. The maximum atomic E-state index is 12.0. The van der Waals surface area contributed by atoms with Crippen LogP contribution in [0.1, 0.15) is 5.56 Å². The maximum Gasteiger partial charge on any atom is 0.277 e. The molecule has 2 rings (SSSR count). The number of aliphatic hydroxyl groups is 1. The molecule has 1 aromatic carbocycles. The Hall–Kier alpha value is -1.37. The lowest BCUT2D eigenvalue weighted by Crippen LogP contribution is -2.34. The Kier molecular flexibility index (Phi) is 4.47. The molecule has 0 unspecified atom stereocenters. The van der Waals surface area contributed by atoms with Crippen LogP contribution >= 0.6 is 27.5 Å². The smallest absolute Gasteiger partial charge is 0.277 e. The molecule has 0 fully saturated rings. The van der Waals surface area contributed by atoms with Gasteiger partial charge >= 0.3 is 0 Å². The zero-order valence-electron chi connectivity index (χ0n) is 10.6.